The molecule has 1 aromatic rings. The van der Waals surface area contributed by atoms with Crippen LogP contribution < -0.4 is 4.74 Å². The van der Waals surface area contributed by atoms with Gasteiger partial charge >= 0.3 is 6.09 Å². The molecular formula is C25H37FN2O5. The van der Waals surface area contributed by atoms with E-state index in [1.807, 2.05) is 20.8 Å². The molecule has 0 bridgehead atoms. The Bertz CT molecular complexity index is 818. The maximum atomic E-state index is 14.6. The van der Waals surface area contributed by atoms with E-state index in [0.717, 1.165) is 38.5 Å². The number of nitrogens with zero attached hydrogens (tertiary/aromatic N) is 2. The van der Waals surface area contributed by atoms with Crippen molar-refractivity contribution >= 4 is 12.0 Å². The van der Waals surface area contributed by atoms with Gasteiger partial charge in [0.15, 0.2) is 0 Å². The van der Waals surface area contributed by atoms with Crippen molar-refractivity contribution in [2.45, 2.75) is 70.9 Å². The molecule has 0 spiro atoms. The van der Waals surface area contributed by atoms with Crippen molar-refractivity contribution in [3.63, 3.8) is 0 Å². The van der Waals surface area contributed by atoms with Crippen LogP contribution >= 0.6 is 0 Å². The fourth-order valence-corrected chi connectivity index (χ4v) is 4.50. The average molecular weight is 465 g/mol. The van der Waals surface area contributed by atoms with Crippen LogP contribution in [0.25, 0.3) is 0 Å². The van der Waals surface area contributed by atoms with Gasteiger partial charge in [-0.1, -0.05) is 0 Å². The van der Waals surface area contributed by atoms with Gasteiger partial charge in [0, 0.05) is 25.7 Å². The van der Waals surface area contributed by atoms with E-state index in [2.05, 4.69) is 0 Å². The number of hydrogen-bond acceptors (Lipinski definition) is 5. The van der Waals surface area contributed by atoms with Gasteiger partial charge in [-0.05, 0) is 77.3 Å². The molecule has 2 fully saturated rings. The monoisotopic (exact) mass is 464 g/mol. The third kappa shape index (κ3) is 7.06. The number of amides is 2. The van der Waals surface area contributed by atoms with Gasteiger partial charge in [-0.15, -0.1) is 0 Å². The third-order valence-electron chi connectivity index (χ3n) is 6.31. The molecule has 8 heteroatoms. The van der Waals surface area contributed by atoms with Crippen molar-refractivity contribution in [3.8, 4) is 5.75 Å². The van der Waals surface area contributed by atoms with Crippen molar-refractivity contribution in [1.82, 2.24) is 9.80 Å². The molecule has 3 rings (SSSR count). The van der Waals surface area contributed by atoms with Gasteiger partial charge < -0.3 is 24.4 Å². The van der Waals surface area contributed by atoms with Crippen molar-refractivity contribution in [2.75, 3.05) is 32.8 Å². The molecule has 0 aliphatic carbocycles. The highest BCUT2D eigenvalue weighted by molar-refractivity contribution is 5.95. The van der Waals surface area contributed by atoms with Gasteiger partial charge in [-0.25, -0.2) is 9.18 Å². The number of hydrogen-bond donors (Lipinski definition) is 1. The Morgan fingerprint density at radius 2 is 1.88 bits per heavy atom. The Hall–Kier alpha value is -2.35. The summed E-state index contributed by atoms with van der Waals surface area (Å²) in [6, 6.07) is 4.12. The van der Waals surface area contributed by atoms with Gasteiger partial charge in [0.1, 0.15) is 17.2 Å². The fourth-order valence-electron chi connectivity index (χ4n) is 4.50. The molecule has 33 heavy (non-hydrogen) atoms. The van der Waals surface area contributed by atoms with Crippen LogP contribution in [-0.4, -0.2) is 71.4 Å². The lowest BCUT2D eigenvalue weighted by atomic mass is 9.92. The molecule has 0 radical (unpaired) electrons. The zero-order valence-corrected chi connectivity index (χ0v) is 20.0. The van der Waals surface area contributed by atoms with E-state index >= 15 is 0 Å². The second kappa shape index (κ2) is 11.2. The summed E-state index contributed by atoms with van der Waals surface area (Å²) in [6.07, 6.45) is 5.02. The molecule has 0 saturated carbocycles. The van der Waals surface area contributed by atoms with E-state index in [0.29, 0.717) is 37.9 Å². The summed E-state index contributed by atoms with van der Waals surface area (Å²) >= 11 is 0. The maximum Gasteiger partial charge on any atom is 0.410 e. The third-order valence-corrected chi connectivity index (χ3v) is 6.31. The van der Waals surface area contributed by atoms with Crippen LogP contribution in [-0.2, 0) is 4.74 Å². The standard InChI is InChI=1S/C25H37FN2O5/c1-25(2,3)33-24(31)27-13-10-18(11-14-27)6-5-15-32-20-8-9-21(22(26)16-20)23(30)28-12-4-7-19(28)17-29/h8-9,16,18-19,29H,4-7,10-15,17H2,1-3H3/t19-/m1/s1. The van der Waals surface area contributed by atoms with E-state index in [1.54, 1.807) is 15.9 Å². The molecule has 2 aliphatic heterocycles. The molecule has 2 heterocycles. The second-order valence-corrected chi connectivity index (χ2v) is 10.0. The quantitative estimate of drug-likeness (QED) is 0.611. The Morgan fingerprint density at radius 1 is 1.15 bits per heavy atom. The van der Waals surface area contributed by atoms with Gasteiger partial charge in [0.05, 0.1) is 24.8 Å². The Kier molecular flexibility index (Phi) is 8.57. The molecule has 7 nitrogen and oxygen atoms in total. The molecule has 1 atom stereocenters. The van der Waals surface area contributed by atoms with Gasteiger partial charge in [0.25, 0.3) is 5.91 Å². The molecule has 0 unspecified atom stereocenters. The molecule has 1 aromatic carbocycles. The van der Waals surface area contributed by atoms with Crippen molar-refractivity contribution in [2.24, 2.45) is 5.92 Å². The Balaban J connectivity index is 1.39. The lowest BCUT2D eigenvalue weighted by Gasteiger charge is -2.33. The topological polar surface area (TPSA) is 79.3 Å². The molecule has 2 aliphatic rings. The normalized spacial score (nSPS) is 19.6. The highest BCUT2D eigenvalue weighted by Gasteiger charge is 2.30. The van der Waals surface area contributed by atoms with Gasteiger partial charge in [-0.3, -0.25) is 4.79 Å². The van der Waals surface area contributed by atoms with Crippen LogP contribution in [0, 0.1) is 11.7 Å². The van der Waals surface area contributed by atoms with Crippen LogP contribution in [0.2, 0.25) is 0 Å². The van der Waals surface area contributed by atoms with Gasteiger partial charge in [0.2, 0.25) is 0 Å². The van der Waals surface area contributed by atoms with Crippen LogP contribution in [0.1, 0.15) is 69.7 Å². The lowest BCUT2D eigenvalue weighted by molar-refractivity contribution is 0.0179. The molecular weight excluding hydrogens is 427 g/mol. The minimum absolute atomic E-state index is 0.0134. The first-order chi connectivity index (χ1) is 15.7. The minimum Gasteiger partial charge on any atom is -0.493 e. The number of aliphatic hydroxyl groups excluding tert-OH is 1. The SMILES string of the molecule is CC(C)(C)OC(=O)N1CCC(CCCOc2ccc(C(=O)N3CCC[C@@H]3CO)c(F)c2)CC1. The minimum atomic E-state index is -0.601. The van der Waals surface area contributed by atoms with Gasteiger partial charge in [-0.2, -0.15) is 0 Å². The predicted octanol–water partition coefficient (Wildman–Crippen LogP) is 4.23. The number of likely N-dealkylation sites (tertiary alicyclic amines) is 2. The maximum absolute atomic E-state index is 14.6. The average Bonchev–Trinajstić information content (AvgIpc) is 3.24. The number of halogens is 1. The van der Waals surface area contributed by atoms with E-state index in [9.17, 15) is 19.1 Å². The van der Waals surface area contributed by atoms with E-state index in [4.69, 9.17) is 9.47 Å². The Morgan fingerprint density at radius 3 is 2.52 bits per heavy atom. The molecule has 2 saturated heterocycles. The number of benzene rings is 1. The molecule has 184 valence electrons. The summed E-state index contributed by atoms with van der Waals surface area (Å²) in [4.78, 5) is 28.1. The molecule has 2 amide bonds. The van der Waals surface area contributed by atoms with Crippen LogP contribution in [0.3, 0.4) is 0 Å². The number of carbonyl (C=O) groups is 2. The lowest BCUT2D eigenvalue weighted by Crippen LogP contribution is -2.41. The van der Waals surface area contributed by atoms with E-state index in [1.165, 1.54) is 12.1 Å². The second-order valence-electron chi connectivity index (χ2n) is 10.0. The van der Waals surface area contributed by atoms with Crippen molar-refractivity contribution in [1.29, 1.82) is 0 Å². The van der Waals surface area contributed by atoms with Crippen LogP contribution in [0.15, 0.2) is 18.2 Å². The molecule has 1 N–H and O–H groups in total. The number of aliphatic hydroxyl groups is 1. The summed E-state index contributed by atoms with van der Waals surface area (Å²) in [7, 11) is 0. The predicted molar refractivity (Wildman–Crippen MR) is 123 cm³/mol. The largest absolute Gasteiger partial charge is 0.493 e. The Labute approximate surface area is 195 Å². The summed E-state index contributed by atoms with van der Waals surface area (Å²) in [5.41, 5.74) is -0.467. The fraction of sp³-hybridized carbons (Fsp3) is 0.680. The summed E-state index contributed by atoms with van der Waals surface area (Å²) in [5.74, 6) is -0.0446. The number of rotatable bonds is 7. The number of piperidine rings is 1. The van der Waals surface area contributed by atoms with E-state index < -0.39 is 11.4 Å². The first-order valence-electron chi connectivity index (χ1n) is 12.0. The summed E-state index contributed by atoms with van der Waals surface area (Å²) in [5, 5.41) is 9.41. The van der Waals surface area contributed by atoms with Crippen LogP contribution in [0.5, 0.6) is 5.75 Å². The zero-order chi connectivity index (χ0) is 24.0. The first-order valence-corrected chi connectivity index (χ1v) is 12.0. The number of ether oxygens (including phenoxy) is 2. The van der Waals surface area contributed by atoms with E-state index in [-0.39, 0.29) is 30.2 Å². The van der Waals surface area contributed by atoms with Crippen molar-refractivity contribution < 1.29 is 28.6 Å². The summed E-state index contributed by atoms with van der Waals surface area (Å²) in [6.45, 7) is 7.93. The zero-order valence-electron chi connectivity index (χ0n) is 20.0. The summed E-state index contributed by atoms with van der Waals surface area (Å²) < 4.78 is 25.7. The highest BCUT2D eigenvalue weighted by Crippen LogP contribution is 2.25. The highest BCUT2D eigenvalue weighted by atomic mass is 19.1. The smallest absolute Gasteiger partial charge is 0.410 e. The number of carbonyl (C=O) groups excluding carboxylic acids is 2. The van der Waals surface area contributed by atoms with Crippen LogP contribution in [0.4, 0.5) is 9.18 Å². The van der Waals surface area contributed by atoms with Crippen molar-refractivity contribution in [3.05, 3.63) is 29.6 Å². The molecule has 0 aromatic heterocycles. The first kappa shape index (κ1) is 25.3.